The van der Waals surface area contributed by atoms with Crippen molar-refractivity contribution in [1.29, 1.82) is 0 Å². The molecule has 0 unspecified atom stereocenters. The molecule has 0 atom stereocenters. The van der Waals surface area contributed by atoms with Crippen molar-refractivity contribution >= 4 is 21.6 Å². The van der Waals surface area contributed by atoms with Gasteiger partial charge in [-0.15, -0.1) is 0 Å². The molecule has 2 aromatic rings. The zero-order valence-corrected chi connectivity index (χ0v) is 18.0. The van der Waals surface area contributed by atoms with Crippen molar-refractivity contribution in [3.63, 3.8) is 0 Å². The fraction of sp³-hybridized carbons (Fsp3) is 0.429. The third kappa shape index (κ3) is 5.91. The summed E-state index contributed by atoms with van der Waals surface area (Å²) in [6.07, 6.45) is 2.38. The van der Waals surface area contributed by atoms with Crippen molar-refractivity contribution in [2.45, 2.75) is 26.0 Å². The molecule has 0 aliphatic carbocycles. The molecule has 1 saturated heterocycles. The first-order chi connectivity index (χ1) is 14.1. The lowest BCUT2D eigenvalue weighted by molar-refractivity contribution is -0.384. The van der Waals surface area contributed by atoms with Gasteiger partial charge in [0.25, 0.3) is 5.69 Å². The van der Waals surface area contributed by atoms with E-state index in [9.17, 15) is 10.1 Å². The van der Waals surface area contributed by atoms with Gasteiger partial charge < -0.3 is 20.1 Å². The number of non-ortho nitro benzene ring substituents is 1. The van der Waals surface area contributed by atoms with Gasteiger partial charge in [-0.2, -0.15) is 0 Å². The van der Waals surface area contributed by atoms with Crippen LogP contribution in [0.4, 0.5) is 5.69 Å². The molecule has 0 bridgehead atoms. The van der Waals surface area contributed by atoms with Crippen molar-refractivity contribution < 1.29 is 14.4 Å². The van der Waals surface area contributed by atoms with E-state index in [-0.39, 0.29) is 5.69 Å². The lowest BCUT2D eigenvalue weighted by Gasteiger charge is -2.23. The molecule has 1 aliphatic heterocycles. The van der Waals surface area contributed by atoms with Gasteiger partial charge in [-0.05, 0) is 68.2 Å². The fourth-order valence-electron chi connectivity index (χ4n) is 3.42. The Morgan fingerprint density at radius 2 is 1.93 bits per heavy atom. The number of hydrogen-bond donors (Lipinski definition) is 2. The van der Waals surface area contributed by atoms with Crippen molar-refractivity contribution in [3.05, 3.63) is 62.1 Å². The minimum Gasteiger partial charge on any atom is -0.493 e. The smallest absolute Gasteiger partial charge is 0.269 e. The first-order valence-electron chi connectivity index (χ1n) is 9.71. The van der Waals surface area contributed by atoms with E-state index in [0.29, 0.717) is 30.6 Å². The van der Waals surface area contributed by atoms with E-state index >= 15 is 0 Å². The molecule has 0 spiro atoms. The van der Waals surface area contributed by atoms with E-state index in [1.807, 2.05) is 12.1 Å². The minimum absolute atomic E-state index is 0.0663. The Morgan fingerprint density at radius 1 is 1.21 bits per heavy atom. The maximum atomic E-state index is 10.8. The first kappa shape index (κ1) is 21.5. The highest BCUT2D eigenvalue weighted by atomic mass is 79.9. The number of nitrogens with one attached hydrogen (secondary N) is 2. The molecule has 1 aliphatic rings. The minimum atomic E-state index is -0.409. The molecule has 1 fully saturated rings. The lowest BCUT2D eigenvalue weighted by Crippen LogP contribution is -2.33. The Hall–Kier alpha value is -2.16. The Bertz CT molecular complexity index is 823. The van der Waals surface area contributed by atoms with Crippen LogP contribution < -0.4 is 20.1 Å². The number of hydrogen-bond acceptors (Lipinski definition) is 6. The van der Waals surface area contributed by atoms with Crippen LogP contribution >= 0.6 is 15.9 Å². The van der Waals surface area contributed by atoms with Crippen LogP contribution in [0.2, 0.25) is 0 Å². The zero-order valence-electron chi connectivity index (χ0n) is 16.4. The van der Waals surface area contributed by atoms with Crippen molar-refractivity contribution in [2.75, 3.05) is 26.7 Å². The second-order valence-electron chi connectivity index (χ2n) is 7.09. The van der Waals surface area contributed by atoms with Gasteiger partial charge in [0.15, 0.2) is 11.5 Å². The number of benzene rings is 2. The molecule has 7 nitrogen and oxygen atoms in total. The predicted octanol–water partition coefficient (Wildman–Crippen LogP) is 4.03. The van der Waals surface area contributed by atoms with E-state index in [2.05, 4.69) is 26.6 Å². The summed E-state index contributed by atoms with van der Waals surface area (Å²) in [4.78, 5) is 10.4. The molecule has 3 rings (SSSR count). The van der Waals surface area contributed by atoms with Crippen LogP contribution in [0.1, 0.15) is 24.0 Å². The number of halogens is 1. The Labute approximate surface area is 179 Å². The molecule has 0 amide bonds. The Kier molecular flexibility index (Phi) is 7.85. The number of methoxy groups -OCH3 is 1. The molecule has 156 valence electrons. The monoisotopic (exact) mass is 463 g/mol. The quantitative estimate of drug-likeness (QED) is 0.431. The largest absolute Gasteiger partial charge is 0.493 e. The van der Waals surface area contributed by atoms with Gasteiger partial charge in [-0.25, -0.2) is 0 Å². The maximum absolute atomic E-state index is 10.8. The highest BCUT2D eigenvalue weighted by Crippen LogP contribution is 2.37. The highest BCUT2D eigenvalue weighted by Gasteiger charge is 2.17. The van der Waals surface area contributed by atoms with Crippen molar-refractivity contribution in [2.24, 2.45) is 5.92 Å². The van der Waals surface area contributed by atoms with Gasteiger partial charge in [-0.1, -0.05) is 15.9 Å². The average molecular weight is 464 g/mol. The molecule has 1 heterocycles. The van der Waals surface area contributed by atoms with Crippen molar-refractivity contribution in [3.8, 4) is 11.5 Å². The molecule has 0 aromatic heterocycles. The topological polar surface area (TPSA) is 85.7 Å². The third-order valence-electron chi connectivity index (χ3n) is 5.11. The summed E-state index contributed by atoms with van der Waals surface area (Å²) in [6, 6.07) is 10.2. The van der Waals surface area contributed by atoms with Crippen LogP contribution in [0.25, 0.3) is 0 Å². The van der Waals surface area contributed by atoms with Gasteiger partial charge in [0.2, 0.25) is 0 Å². The van der Waals surface area contributed by atoms with Gasteiger partial charge in [0.05, 0.1) is 12.0 Å². The van der Waals surface area contributed by atoms with Crippen molar-refractivity contribution in [1.82, 2.24) is 10.6 Å². The SMILES string of the molecule is COc1ccc(Br)c(CNCC2CCNCC2)c1OCc1ccc([N+](=O)[O-])cc1. The summed E-state index contributed by atoms with van der Waals surface area (Å²) in [5.74, 6) is 2.02. The van der Waals surface area contributed by atoms with Gasteiger partial charge in [0.1, 0.15) is 6.61 Å². The summed E-state index contributed by atoms with van der Waals surface area (Å²) < 4.78 is 12.6. The molecule has 0 radical (unpaired) electrons. The first-order valence-corrected chi connectivity index (χ1v) is 10.5. The second kappa shape index (κ2) is 10.6. The summed E-state index contributed by atoms with van der Waals surface area (Å²) in [5, 5.41) is 17.8. The summed E-state index contributed by atoms with van der Waals surface area (Å²) in [7, 11) is 1.62. The predicted molar refractivity (Wildman–Crippen MR) is 115 cm³/mol. The van der Waals surface area contributed by atoms with E-state index in [1.165, 1.54) is 25.0 Å². The number of nitrogens with zero attached hydrogens (tertiary/aromatic N) is 1. The summed E-state index contributed by atoms with van der Waals surface area (Å²) >= 11 is 3.63. The number of nitro groups is 1. The highest BCUT2D eigenvalue weighted by molar-refractivity contribution is 9.10. The molecule has 2 aromatic carbocycles. The standard InChI is InChI=1S/C21H26BrN3O4/c1-28-20-7-6-19(22)18(13-24-12-15-8-10-23-11-9-15)21(20)29-14-16-2-4-17(5-3-16)25(26)27/h2-7,15,23-24H,8-14H2,1H3. The van der Waals surface area contributed by atoms with E-state index in [4.69, 9.17) is 9.47 Å². The van der Waals surface area contributed by atoms with E-state index in [1.54, 1.807) is 19.2 Å². The summed E-state index contributed by atoms with van der Waals surface area (Å²) in [6.45, 7) is 4.09. The van der Waals surface area contributed by atoms with E-state index in [0.717, 1.165) is 35.2 Å². The molecular formula is C21H26BrN3O4. The average Bonchev–Trinajstić information content (AvgIpc) is 2.74. The molecule has 8 heteroatoms. The lowest BCUT2D eigenvalue weighted by atomic mass is 9.98. The van der Waals surface area contributed by atoms with Crippen LogP contribution in [0.5, 0.6) is 11.5 Å². The number of ether oxygens (including phenoxy) is 2. The number of rotatable bonds is 9. The summed E-state index contributed by atoms with van der Waals surface area (Å²) in [5.41, 5.74) is 1.92. The normalized spacial score (nSPS) is 14.6. The maximum Gasteiger partial charge on any atom is 0.269 e. The van der Waals surface area contributed by atoms with Crippen LogP contribution in [-0.4, -0.2) is 31.7 Å². The molecular weight excluding hydrogens is 438 g/mol. The Morgan fingerprint density at radius 3 is 2.59 bits per heavy atom. The van der Waals surface area contributed by atoms with E-state index < -0.39 is 4.92 Å². The van der Waals surface area contributed by atoms with Gasteiger partial charge >= 0.3 is 0 Å². The molecule has 2 N–H and O–H groups in total. The van der Waals surface area contributed by atoms with Crippen LogP contribution in [-0.2, 0) is 13.2 Å². The van der Waals surface area contributed by atoms with Crippen LogP contribution in [0.3, 0.4) is 0 Å². The number of piperidine rings is 1. The zero-order chi connectivity index (χ0) is 20.6. The fourth-order valence-corrected chi connectivity index (χ4v) is 3.87. The van der Waals surface area contributed by atoms with Gasteiger partial charge in [0, 0.05) is 28.7 Å². The van der Waals surface area contributed by atoms with Crippen LogP contribution in [0.15, 0.2) is 40.9 Å². The van der Waals surface area contributed by atoms with Gasteiger partial charge in [-0.3, -0.25) is 10.1 Å². The molecule has 29 heavy (non-hydrogen) atoms. The third-order valence-corrected chi connectivity index (χ3v) is 5.85. The second-order valence-corrected chi connectivity index (χ2v) is 7.95. The Balaban J connectivity index is 1.68. The molecule has 0 saturated carbocycles. The number of nitro benzene ring substituents is 1. The van der Waals surface area contributed by atoms with Crippen LogP contribution in [0, 0.1) is 16.0 Å².